The lowest BCUT2D eigenvalue weighted by Crippen LogP contribution is -2.30. The van der Waals surface area contributed by atoms with Crippen LogP contribution >= 0.6 is 0 Å². The predicted octanol–water partition coefficient (Wildman–Crippen LogP) is 18.6. The molecule has 1 atom stereocenters. The van der Waals surface area contributed by atoms with Crippen LogP contribution in [0, 0.1) is 0 Å². The summed E-state index contributed by atoms with van der Waals surface area (Å²) in [6.07, 6.45) is 78.8. The molecule has 0 saturated carbocycles. The van der Waals surface area contributed by atoms with Crippen LogP contribution in [0.15, 0.2) is 134 Å². The van der Waals surface area contributed by atoms with E-state index >= 15 is 0 Å². The first-order chi connectivity index (χ1) is 34.0. The average molecular weight is 953 g/mol. The van der Waals surface area contributed by atoms with Gasteiger partial charge in [0.25, 0.3) is 0 Å². The lowest BCUT2D eigenvalue weighted by atomic mass is 10.1. The van der Waals surface area contributed by atoms with E-state index in [2.05, 4.69) is 148 Å². The zero-order valence-corrected chi connectivity index (χ0v) is 44.3. The fourth-order valence-electron chi connectivity index (χ4n) is 7.04. The van der Waals surface area contributed by atoms with Gasteiger partial charge in [0, 0.05) is 19.3 Å². The van der Waals surface area contributed by atoms with E-state index in [-0.39, 0.29) is 44.0 Å². The van der Waals surface area contributed by atoms with Gasteiger partial charge in [-0.15, -0.1) is 0 Å². The molecule has 388 valence electrons. The fraction of sp³-hybridized carbons (Fsp3) is 0.603. The summed E-state index contributed by atoms with van der Waals surface area (Å²) in [6.45, 7) is 6.30. The second-order valence-corrected chi connectivity index (χ2v) is 17.7. The maximum atomic E-state index is 12.8. The van der Waals surface area contributed by atoms with Crippen LogP contribution in [0.1, 0.15) is 226 Å². The van der Waals surface area contributed by atoms with Crippen LogP contribution in [-0.4, -0.2) is 37.2 Å². The zero-order valence-electron chi connectivity index (χ0n) is 44.3. The number of ether oxygens (including phenoxy) is 3. The van der Waals surface area contributed by atoms with Gasteiger partial charge in [-0.3, -0.25) is 14.4 Å². The second-order valence-electron chi connectivity index (χ2n) is 17.7. The number of hydrogen-bond acceptors (Lipinski definition) is 6. The number of unbranched alkanes of at least 4 members (excludes halogenated alkanes) is 15. The largest absolute Gasteiger partial charge is 0.462 e. The molecule has 0 aliphatic carbocycles. The van der Waals surface area contributed by atoms with E-state index < -0.39 is 6.10 Å². The highest BCUT2D eigenvalue weighted by Gasteiger charge is 2.19. The van der Waals surface area contributed by atoms with Crippen LogP contribution in [0.25, 0.3) is 0 Å². The van der Waals surface area contributed by atoms with Gasteiger partial charge in [0.15, 0.2) is 6.10 Å². The molecule has 0 radical (unpaired) electrons. The average Bonchev–Trinajstić information content (AvgIpc) is 3.35. The maximum Gasteiger partial charge on any atom is 0.306 e. The summed E-state index contributed by atoms with van der Waals surface area (Å²) in [5.41, 5.74) is 0. The van der Waals surface area contributed by atoms with E-state index in [4.69, 9.17) is 14.2 Å². The highest BCUT2D eigenvalue weighted by Crippen LogP contribution is 2.12. The Kier molecular flexibility index (Phi) is 52.5. The lowest BCUT2D eigenvalue weighted by molar-refractivity contribution is -0.166. The molecule has 0 aromatic heterocycles. The third kappa shape index (κ3) is 54.4. The van der Waals surface area contributed by atoms with Crippen LogP contribution < -0.4 is 0 Å². The highest BCUT2D eigenvalue weighted by atomic mass is 16.6. The summed E-state index contributed by atoms with van der Waals surface area (Å²) in [5, 5.41) is 0. The molecule has 0 aliphatic heterocycles. The Morgan fingerprint density at radius 2 is 0.594 bits per heavy atom. The molecule has 0 aromatic carbocycles. The highest BCUT2D eigenvalue weighted by molar-refractivity contribution is 5.71. The molecule has 0 N–H and O–H groups in total. The van der Waals surface area contributed by atoms with Crippen molar-refractivity contribution >= 4 is 17.9 Å². The minimum atomic E-state index is -0.827. The monoisotopic (exact) mass is 953 g/mol. The fourth-order valence-corrected chi connectivity index (χ4v) is 7.04. The first kappa shape index (κ1) is 64.5. The van der Waals surface area contributed by atoms with Gasteiger partial charge in [0.05, 0.1) is 0 Å². The van der Waals surface area contributed by atoms with Gasteiger partial charge in [-0.1, -0.05) is 219 Å². The van der Waals surface area contributed by atoms with Crippen LogP contribution in [-0.2, 0) is 28.6 Å². The number of esters is 3. The minimum absolute atomic E-state index is 0.123. The lowest BCUT2D eigenvalue weighted by Gasteiger charge is -2.18. The molecule has 0 bridgehead atoms. The summed E-state index contributed by atoms with van der Waals surface area (Å²) >= 11 is 0. The number of allylic oxidation sites excluding steroid dienone is 22. The second kappa shape index (κ2) is 56.1. The molecule has 0 heterocycles. The standard InChI is InChI=1S/C63H100O6/c1-4-7-10-13-16-19-22-25-27-29-31-33-35-38-41-44-47-50-53-56-62(65)68-59-60(58-67-61(64)55-52-49-46-43-40-37-24-21-18-15-12-9-6-3)69-63(66)57-54-51-48-45-42-39-36-34-32-30-28-26-23-20-17-14-11-8-5-2/h7-8,10-11,16-17,19-20,25-28,31-34,37-38,40-41,46,49,60H,4-6,9,12-15,18,21-24,29-30,35-36,39,42-45,47-48,50-59H2,1-3H3/b10-7+,11-8+,19-16+,20-17+,27-25+,28-26+,33-31+,34-32+,40-37+,41-38+,49-46+. The van der Waals surface area contributed by atoms with E-state index in [1.807, 2.05) is 6.08 Å². The topological polar surface area (TPSA) is 78.9 Å². The first-order valence-electron chi connectivity index (χ1n) is 27.7. The summed E-state index contributed by atoms with van der Waals surface area (Å²) in [7, 11) is 0. The molecular formula is C63H100O6. The molecule has 69 heavy (non-hydrogen) atoms. The Morgan fingerprint density at radius 3 is 0.986 bits per heavy atom. The van der Waals surface area contributed by atoms with Crippen molar-refractivity contribution in [2.24, 2.45) is 0 Å². The van der Waals surface area contributed by atoms with Gasteiger partial charge in [-0.2, -0.15) is 0 Å². The smallest absolute Gasteiger partial charge is 0.306 e. The Morgan fingerprint density at radius 1 is 0.304 bits per heavy atom. The van der Waals surface area contributed by atoms with Crippen molar-refractivity contribution in [3.8, 4) is 0 Å². The van der Waals surface area contributed by atoms with Crippen molar-refractivity contribution in [2.75, 3.05) is 13.2 Å². The third-order valence-corrected chi connectivity index (χ3v) is 11.1. The Hall–Kier alpha value is -4.45. The zero-order chi connectivity index (χ0) is 50.0. The van der Waals surface area contributed by atoms with Crippen molar-refractivity contribution in [1.29, 1.82) is 0 Å². The maximum absolute atomic E-state index is 12.8. The quantitative estimate of drug-likeness (QED) is 0.0262. The summed E-state index contributed by atoms with van der Waals surface area (Å²) in [6, 6.07) is 0. The molecular weight excluding hydrogens is 853 g/mol. The van der Waals surface area contributed by atoms with E-state index in [9.17, 15) is 14.4 Å². The van der Waals surface area contributed by atoms with Crippen molar-refractivity contribution in [3.05, 3.63) is 134 Å². The van der Waals surface area contributed by atoms with Crippen molar-refractivity contribution in [3.63, 3.8) is 0 Å². The Bertz CT molecular complexity index is 1510. The molecule has 1 unspecified atom stereocenters. The molecule has 0 aliphatic rings. The van der Waals surface area contributed by atoms with E-state index in [1.165, 1.54) is 51.4 Å². The van der Waals surface area contributed by atoms with E-state index in [1.54, 1.807) is 0 Å². The van der Waals surface area contributed by atoms with Crippen LogP contribution in [0.2, 0.25) is 0 Å². The number of rotatable bonds is 48. The Labute approximate surface area is 424 Å². The van der Waals surface area contributed by atoms with Crippen LogP contribution in [0.5, 0.6) is 0 Å². The summed E-state index contributed by atoms with van der Waals surface area (Å²) in [5.74, 6) is -1.04. The van der Waals surface area contributed by atoms with E-state index in [0.29, 0.717) is 12.8 Å². The molecule has 0 rings (SSSR count). The first-order valence-corrected chi connectivity index (χ1v) is 27.7. The number of hydrogen-bond donors (Lipinski definition) is 0. The van der Waals surface area contributed by atoms with E-state index in [0.717, 1.165) is 128 Å². The molecule has 0 fully saturated rings. The predicted molar refractivity (Wildman–Crippen MR) is 297 cm³/mol. The van der Waals surface area contributed by atoms with Gasteiger partial charge >= 0.3 is 17.9 Å². The van der Waals surface area contributed by atoms with Gasteiger partial charge in [-0.25, -0.2) is 0 Å². The van der Waals surface area contributed by atoms with Crippen molar-refractivity contribution in [1.82, 2.24) is 0 Å². The minimum Gasteiger partial charge on any atom is -0.462 e. The molecule has 6 heteroatoms. The molecule has 0 aromatic rings. The normalized spacial score (nSPS) is 13.1. The van der Waals surface area contributed by atoms with Crippen molar-refractivity contribution < 1.29 is 28.6 Å². The van der Waals surface area contributed by atoms with Gasteiger partial charge in [-0.05, 0) is 122 Å². The van der Waals surface area contributed by atoms with Gasteiger partial charge < -0.3 is 14.2 Å². The van der Waals surface area contributed by atoms with Crippen molar-refractivity contribution in [2.45, 2.75) is 232 Å². The molecule has 0 saturated heterocycles. The Balaban J connectivity index is 4.54. The molecule has 6 nitrogen and oxygen atoms in total. The third-order valence-electron chi connectivity index (χ3n) is 11.1. The number of carbonyl (C=O) groups excluding carboxylic acids is 3. The summed E-state index contributed by atoms with van der Waals surface area (Å²) < 4.78 is 16.7. The van der Waals surface area contributed by atoms with Gasteiger partial charge in [0.1, 0.15) is 13.2 Å². The SMILES string of the molecule is CC/C=C/C/C=C/C/C=C/C/C=C/C/C=C/CCCCCC(=O)OCC(COC(=O)CC/C=C/C/C=C/CCCCCCCC)OC(=O)CCCCCCCC/C=C/C/C=C/C/C=C/C/C=C/CC. The van der Waals surface area contributed by atoms with Crippen LogP contribution in [0.3, 0.4) is 0 Å². The molecule has 0 amide bonds. The molecule has 0 spiro atoms. The van der Waals surface area contributed by atoms with Crippen LogP contribution in [0.4, 0.5) is 0 Å². The van der Waals surface area contributed by atoms with Gasteiger partial charge in [0.2, 0.25) is 0 Å². The summed E-state index contributed by atoms with van der Waals surface area (Å²) in [4.78, 5) is 38.1. The number of carbonyl (C=O) groups is 3.